The number of hydrogen-bond acceptors (Lipinski definition) is 6. The quantitative estimate of drug-likeness (QED) is 0.469. The molecule has 0 spiro atoms. The Kier molecular flexibility index (Phi) is 4.78. The molecule has 2 aromatic rings. The Morgan fingerprint density at radius 3 is 2.69 bits per heavy atom. The molecule has 2 heterocycles. The first-order valence-electron chi connectivity index (χ1n) is 9.56. The Hall–Kier alpha value is -3.28. The number of Topliss-reactive ketones (excluding diaryl/α,β-unsaturated/α-hetero) is 1. The van der Waals surface area contributed by atoms with Crippen molar-refractivity contribution >= 4 is 17.8 Å². The summed E-state index contributed by atoms with van der Waals surface area (Å²) in [6, 6.07) is 8.15. The number of fused-ring (bicyclic) bond motifs is 3. The fourth-order valence-electron chi connectivity index (χ4n) is 3.92. The molecule has 2 aliphatic rings. The molecular weight excluding hydrogens is 372 g/mol. The normalized spacial score (nSPS) is 19.0. The van der Waals surface area contributed by atoms with Gasteiger partial charge in [0, 0.05) is 11.5 Å². The third-order valence-corrected chi connectivity index (χ3v) is 5.14. The molecule has 1 N–H and O–H groups in total. The molecule has 1 atom stereocenters. The smallest absolute Gasteiger partial charge is 0.311 e. The van der Waals surface area contributed by atoms with Crippen LogP contribution in [0.25, 0.3) is 6.08 Å². The molecule has 2 aliphatic heterocycles. The van der Waals surface area contributed by atoms with Gasteiger partial charge in [0.2, 0.25) is 5.78 Å². The summed E-state index contributed by atoms with van der Waals surface area (Å²) in [5.74, 6) is 1.24. The van der Waals surface area contributed by atoms with Gasteiger partial charge in [-0.25, -0.2) is 0 Å². The molecule has 0 amide bonds. The maximum Gasteiger partial charge on any atom is 0.311 e. The van der Waals surface area contributed by atoms with Gasteiger partial charge in [-0.05, 0) is 48.2 Å². The third kappa shape index (κ3) is 3.46. The SMILES string of the molecule is COc1ccc(/C=C2\Oc3c(ccc4c3[C@@H](CC(C)C)CC(=O)O4)C2=O)cc1O. The number of rotatable bonds is 4. The van der Waals surface area contributed by atoms with E-state index < -0.39 is 0 Å². The van der Waals surface area contributed by atoms with Gasteiger partial charge in [-0.3, -0.25) is 9.59 Å². The molecule has 4 rings (SSSR count). The van der Waals surface area contributed by atoms with Gasteiger partial charge < -0.3 is 19.3 Å². The lowest BCUT2D eigenvalue weighted by atomic mass is 9.84. The monoisotopic (exact) mass is 394 g/mol. The number of benzene rings is 2. The summed E-state index contributed by atoms with van der Waals surface area (Å²) in [6.45, 7) is 4.19. The fraction of sp³-hybridized carbons (Fsp3) is 0.304. The first-order chi connectivity index (χ1) is 13.9. The van der Waals surface area contributed by atoms with Gasteiger partial charge in [0.15, 0.2) is 17.3 Å². The Morgan fingerprint density at radius 1 is 1.21 bits per heavy atom. The lowest BCUT2D eigenvalue weighted by molar-refractivity contribution is -0.136. The van der Waals surface area contributed by atoms with E-state index in [1.54, 1.807) is 30.3 Å². The van der Waals surface area contributed by atoms with E-state index in [-0.39, 0.29) is 35.6 Å². The largest absolute Gasteiger partial charge is 0.504 e. The minimum Gasteiger partial charge on any atom is -0.504 e. The van der Waals surface area contributed by atoms with Crippen molar-refractivity contribution in [1.82, 2.24) is 0 Å². The van der Waals surface area contributed by atoms with Gasteiger partial charge in [0.1, 0.15) is 11.5 Å². The van der Waals surface area contributed by atoms with Gasteiger partial charge >= 0.3 is 5.97 Å². The standard InChI is InChI=1S/C23H22O6/c1-12(2)8-14-11-20(25)28-18-7-5-15-22(26)19(29-23(15)21(14)18)10-13-4-6-17(27-3)16(24)9-13/h4-7,9-10,12,14,24H,8,11H2,1-3H3/b19-10-/t14-/m0/s1. The van der Waals surface area contributed by atoms with Crippen LogP contribution in [0.5, 0.6) is 23.0 Å². The van der Waals surface area contributed by atoms with Gasteiger partial charge in [-0.1, -0.05) is 19.9 Å². The second-order valence-corrected chi connectivity index (χ2v) is 7.73. The van der Waals surface area contributed by atoms with Crippen LogP contribution < -0.4 is 14.2 Å². The van der Waals surface area contributed by atoms with E-state index in [2.05, 4.69) is 13.8 Å². The molecule has 0 fully saturated rings. The fourth-order valence-corrected chi connectivity index (χ4v) is 3.92. The van der Waals surface area contributed by atoms with E-state index >= 15 is 0 Å². The van der Waals surface area contributed by atoms with E-state index in [0.29, 0.717) is 34.3 Å². The van der Waals surface area contributed by atoms with Crippen LogP contribution in [0.4, 0.5) is 0 Å². The summed E-state index contributed by atoms with van der Waals surface area (Å²) < 4.78 is 16.4. The van der Waals surface area contributed by atoms with E-state index in [1.807, 2.05) is 0 Å². The molecule has 0 unspecified atom stereocenters. The molecule has 0 radical (unpaired) electrons. The van der Waals surface area contributed by atoms with Crippen LogP contribution in [-0.4, -0.2) is 24.0 Å². The number of hydrogen-bond donors (Lipinski definition) is 1. The van der Waals surface area contributed by atoms with Crippen molar-refractivity contribution in [1.29, 1.82) is 0 Å². The lowest BCUT2D eigenvalue weighted by Gasteiger charge is -2.27. The Balaban J connectivity index is 1.73. The number of carbonyl (C=O) groups excluding carboxylic acids is 2. The van der Waals surface area contributed by atoms with Gasteiger partial charge in [0.25, 0.3) is 0 Å². The summed E-state index contributed by atoms with van der Waals surface area (Å²) in [7, 11) is 1.47. The number of ether oxygens (including phenoxy) is 3. The van der Waals surface area contributed by atoms with Gasteiger partial charge in [-0.2, -0.15) is 0 Å². The van der Waals surface area contributed by atoms with Crippen LogP contribution in [0, 0.1) is 5.92 Å². The van der Waals surface area contributed by atoms with Crippen molar-refractivity contribution in [2.24, 2.45) is 5.92 Å². The number of ketones is 1. The summed E-state index contributed by atoms with van der Waals surface area (Å²) in [4.78, 5) is 24.9. The Labute approximate surface area is 168 Å². The number of allylic oxidation sites excluding steroid dienone is 1. The predicted molar refractivity (Wildman–Crippen MR) is 106 cm³/mol. The van der Waals surface area contributed by atoms with E-state index in [4.69, 9.17) is 14.2 Å². The summed E-state index contributed by atoms with van der Waals surface area (Å²) in [5.41, 5.74) is 1.85. The van der Waals surface area contributed by atoms with Crippen molar-refractivity contribution in [3.05, 3.63) is 52.8 Å². The molecule has 0 bridgehead atoms. The van der Waals surface area contributed by atoms with Crippen LogP contribution in [0.1, 0.15) is 54.1 Å². The summed E-state index contributed by atoms with van der Waals surface area (Å²) >= 11 is 0. The first-order valence-corrected chi connectivity index (χ1v) is 9.56. The molecule has 6 heteroatoms. The summed E-state index contributed by atoms with van der Waals surface area (Å²) in [5, 5.41) is 9.98. The van der Waals surface area contributed by atoms with Gasteiger partial charge in [-0.15, -0.1) is 0 Å². The minimum atomic E-state index is -0.267. The highest BCUT2D eigenvalue weighted by atomic mass is 16.5. The molecule has 0 saturated carbocycles. The van der Waals surface area contributed by atoms with Crippen molar-refractivity contribution in [3.8, 4) is 23.0 Å². The first kappa shape index (κ1) is 19.1. The summed E-state index contributed by atoms with van der Waals surface area (Å²) in [6.07, 6.45) is 2.65. The van der Waals surface area contributed by atoms with Crippen LogP contribution in [-0.2, 0) is 4.79 Å². The highest BCUT2D eigenvalue weighted by Crippen LogP contribution is 2.48. The molecule has 2 aromatic carbocycles. The van der Waals surface area contributed by atoms with Crippen molar-refractivity contribution in [3.63, 3.8) is 0 Å². The number of phenolic OH excluding ortho intramolecular Hbond substituents is 1. The van der Waals surface area contributed by atoms with Crippen molar-refractivity contribution < 1.29 is 28.9 Å². The second-order valence-electron chi connectivity index (χ2n) is 7.73. The highest BCUT2D eigenvalue weighted by molar-refractivity contribution is 6.15. The number of aromatic hydroxyl groups is 1. The zero-order valence-corrected chi connectivity index (χ0v) is 16.5. The Morgan fingerprint density at radius 2 is 2.00 bits per heavy atom. The zero-order chi connectivity index (χ0) is 20.7. The number of phenols is 1. The zero-order valence-electron chi connectivity index (χ0n) is 16.5. The maximum absolute atomic E-state index is 12.9. The molecule has 150 valence electrons. The molecular formula is C23H22O6. The minimum absolute atomic E-state index is 0.0221. The molecule has 29 heavy (non-hydrogen) atoms. The number of carbonyl (C=O) groups is 2. The van der Waals surface area contributed by atoms with E-state index in [9.17, 15) is 14.7 Å². The van der Waals surface area contributed by atoms with Crippen molar-refractivity contribution in [2.45, 2.75) is 32.6 Å². The van der Waals surface area contributed by atoms with Crippen LogP contribution in [0.3, 0.4) is 0 Å². The lowest BCUT2D eigenvalue weighted by Crippen LogP contribution is -2.21. The second kappa shape index (κ2) is 7.28. The number of esters is 1. The molecule has 6 nitrogen and oxygen atoms in total. The topological polar surface area (TPSA) is 82.1 Å². The molecule has 0 aromatic heterocycles. The molecule has 0 aliphatic carbocycles. The van der Waals surface area contributed by atoms with Crippen LogP contribution >= 0.6 is 0 Å². The highest BCUT2D eigenvalue weighted by Gasteiger charge is 2.37. The average molecular weight is 394 g/mol. The Bertz CT molecular complexity index is 1030. The van der Waals surface area contributed by atoms with E-state index in [0.717, 1.165) is 12.0 Å². The predicted octanol–water partition coefficient (Wildman–Crippen LogP) is 4.46. The molecule has 0 saturated heterocycles. The third-order valence-electron chi connectivity index (χ3n) is 5.14. The van der Waals surface area contributed by atoms with E-state index in [1.165, 1.54) is 13.2 Å². The van der Waals surface area contributed by atoms with Crippen molar-refractivity contribution in [2.75, 3.05) is 7.11 Å². The average Bonchev–Trinajstić information content (AvgIpc) is 2.96. The van der Waals surface area contributed by atoms with Crippen LogP contribution in [0.2, 0.25) is 0 Å². The van der Waals surface area contributed by atoms with Crippen LogP contribution in [0.15, 0.2) is 36.1 Å². The number of methoxy groups -OCH3 is 1. The maximum atomic E-state index is 12.9. The van der Waals surface area contributed by atoms with Gasteiger partial charge in [0.05, 0.1) is 19.1 Å².